The molecular formula is C41H43N3O9. The molecule has 0 saturated carbocycles. The molecule has 0 bridgehead atoms. The van der Waals surface area contributed by atoms with Crippen molar-refractivity contribution >= 4 is 18.0 Å². The van der Waals surface area contributed by atoms with Crippen LogP contribution in [0, 0.1) is 13.8 Å². The van der Waals surface area contributed by atoms with Crippen molar-refractivity contribution in [1.29, 1.82) is 0 Å². The van der Waals surface area contributed by atoms with Crippen molar-refractivity contribution in [3.8, 4) is 22.7 Å². The van der Waals surface area contributed by atoms with Crippen molar-refractivity contribution in [3.63, 3.8) is 0 Å². The van der Waals surface area contributed by atoms with Crippen LogP contribution in [0.3, 0.4) is 0 Å². The number of para-hydroxylation sites is 1. The Kier molecular flexibility index (Phi) is 10.9. The van der Waals surface area contributed by atoms with E-state index >= 15 is 0 Å². The minimum Gasteiger partial charge on any atom is -0.482 e. The van der Waals surface area contributed by atoms with Gasteiger partial charge in [-0.3, -0.25) is 4.79 Å². The van der Waals surface area contributed by atoms with Gasteiger partial charge in [0.2, 0.25) is 0 Å². The molecule has 3 heterocycles. The Bertz CT molecular complexity index is 2110. The highest BCUT2D eigenvalue weighted by Crippen LogP contribution is 2.33. The Balaban J connectivity index is 1.22. The van der Waals surface area contributed by atoms with Crippen LogP contribution < -0.4 is 10.6 Å². The standard InChI is InChI=1S/C41H43N3O9/c1-27-22-34(37(30-12-8-6-9-13-30)44(27)31-14-10-7-11-15-31)38(46)43-21-20-42(39(47)53-41(3,4)5)24-32(43)23-29-16-18-33(19-17-29)49-26-36(45)50-25-35-28(2)51-40(48)52-35/h6-19,22,32H,20-21,23-26H2,1-5H3/t32-/m1/s1. The zero-order valence-electron chi connectivity index (χ0n) is 30.5. The van der Waals surface area contributed by atoms with E-state index in [1.807, 2.05) is 111 Å². The summed E-state index contributed by atoms with van der Waals surface area (Å²) < 4.78 is 28.2. The lowest BCUT2D eigenvalue weighted by Crippen LogP contribution is -2.57. The predicted molar refractivity (Wildman–Crippen MR) is 196 cm³/mol. The first-order valence-corrected chi connectivity index (χ1v) is 17.4. The molecule has 2 amide bonds. The molecule has 1 atom stereocenters. The maximum absolute atomic E-state index is 14.8. The van der Waals surface area contributed by atoms with Gasteiger partial charge in [0.25, 0.3) is 5.91 Å². The van der Waals surface area contributed by atoms with Crippen LogP contribution in [0.25, 0.3) is 16.9 Å². The van der Waals surface area contributed by atoms with Crippen LogP contribution in [-0.4, -0.2) is 70.2 Å². The number of benzene rings is 3. The Morgan fingerprint density at radius 2 is 1.55 bits per heavy atom. The van der Waals surface area contributed by atoms with E-state index in [0.717, 1.165) is 28.2 Å². The van der Waals surface area contributed by atoms with Crippen LogP contribution in [-0.2, 0) is 27.3 Å². The van der Waals surface area contributed by atoms with Gasteiger partial charge in [0.1, 0.15) is 11.4 Å². The van der Waals surface area contributed by atoms with E-state index in [1.165, 1.54) is 6.92 Å². The number of aromatic nitrogens is 1. The van der Waals surface area contributed by atoms with Crippen LogP contribution in [0.4, 0.5) is 4.79 Å². The smallest absolute Gasteiger partial charge is 0.482 e. The molecule has 0 N–H and O–H groups in total. The predicted octanol–water partition coefficient (Wildman–Crippen LogP) is 6.73. The number of aryl methyl sites for hydroxylation is 2. The number of ether oxygens (including phenoxy) is 3. The summed E-state index contributed by atoms with van der Waals surface area (Å²) in [6, 6.07) is 28.6. The van der Waals surface area contributed by atoms with Crippen molar-refractivity contribution in [3.05, 3.63) is 130 Å². The summed E-state index contributed by atoms with van der Waals surface area (Å²) in [4.78, 5) is 55.0. The lowest BCUT2D eigenvalue weighted by Gasteiger charge is -2.42. The summed E-state index contributed by atoms with van der Waals surface area (Å²) in [5, 5.41) is 0. The normalized spacial score (nSPS) is 14.5. The zero-order valence-corrected chi connectivity index (χ0v) is 30.5. The summed E-state index contributed by atoms with van der Waals surface area (Å²) in [6.45, 7) is 9.33. The molecule has 1 aliphatic heterocycles. The van der Waals surface area contributed by atoms with Gasteiger partial charge in [-0.15, -0.1) is 0 Å². The number of rotatable bonds is 10. The van der Waals surface area contributed by atoms with Crippen LogP contribution in [0.2, 0.25) is 0 Å². The number of esters is 1. The molecule has 0 aliphatic carbocycles. The first kappa shape index (κ1) is 36.7. The lowest BCUT2D eigenvalue weighted by molar-refractivity contribution is -0.147. The van der Waals surface area contributed by atoms with E-state index in [1.54, 1.807) is 17.0 Å². The summed E-state index contributed by atoms with van der Waals surface area (Å²) >= 11 is 0. The van der Waals surface area contributed by atoms with Gasteiger partial charge in [-0.2, -0.15) is 0 Å². The molecule has 0 radical (unpaired) electrons. The maximum Gasteiger partial charge on any atom is 0.519 e. The molecule has 3 aromatic carbocycles. The lowest BCUT2D eigenvalue weighted by atomic mass is 10.00. The number of hydrogen-bond acceptors (Lipinski definition) is 9. The highest BCUT2D eigenvalue weighted by Gasteiger charge is 2.36. The van der Waals surface area contributed by atoms with E-state index < -0.39 is 23.5 Å². The van der Waals surface area contributed by atoms with Gasteiger partial charge in [0.15, 0.2) is 24.7 Å². The maximum atomic E-state index is 14.8. The Morgan fingerprint density at radius 1 is 0.868 bits per heavy atom. The van der Waals surface area contributed by atoms with Gasteiger partial charge < -0.3 is 37.4 Å². The third kappa shape index (κ3) is 8.89. The molecular weight excluding hydrogens is 678 g/mol. The van der Waals surface area contributed by atoms with Crippen LogP contribution in [0.5, 0.6) is 5.75 Å². The second-order valence-corrected chi connectivity index (χ2v) is 13.9. The van der Waals surface area contributed by atoms with Gasteiger partial charge >= 0.3 is 17.9 Å². The molecule has 0 unspecified atom stereocenters. The van der Waals surface area contributed by atoms with Gasteiger partial charge in [-0.05, 0) is 82.5 Å². The van der Waals surface area contributed by atoms with Crippen LogP contribution in [0.15, 0.2) is 105 Å². The van der Waals surface area contributed by atoms with Gasteiger partial charge in [-0.1, -0.05) is 60.7 Å². The second kappa shape index (κ2) is 15.7. The summed E-state index contributed by atoms with van der Waals surface area (Å²) in [7, 11) is 0. The third-order valence-electron chi connectivity index (χ3n) is 8.82. The van der Waals surface area contributed by atoms with E-state index in [9.17, 15) is 19.2 Å². The van der Waals surface area contributed by atoms with Crippen molar-refractivity contribution in [2.45, 2.75) is 59.3 Å². The average molecular weight is 722 g/mol. The summed E-state index contributed by atoms with van der Waals surface area (Å²) in [5.74, 6) is -0.829. The number of piperazine rings is 1. The second-order valence-electron chi connectivity index (χ2n) is 13.9. The average Bonchev–Trinajstić information content (AvgIpc) is 3.66. The van der Waals surface area contributed by atoms with Gasteiger partial charge in [0, 0.05) is 31.0 Å². The first-order valence-electron chi connectivity index (χ1n) is 17.4. The molecule has 1 saturated heterocycles. The zero-order chi connectivity index (χ0) is 37.7. The van der Waals surface area contributed by atoms with Crippen molar-refractivity contribution in [2.75, 3.05) is 26.2 Å². The highest BCUT2D eigenvalue weighted by atomic mass is 16.6. The van der Waals surface area contributed by atoms with Crippen molar-refractivity contribution < 1.29 is 37.4 Å². The molecule has 0 spiro atoms. The number of hydrogen-bond donors (Lipinski definition) is 0. The first-order chi connectivity index (χ1) is 25.4. The molecule has 1 fully saturated rings. The van der Waals surface area contributed by atoms with Gasteiger partial charge in [-0.25, -0.2) is 14.4 Å². The largest absolute Gasteiger partial charge is 0.519 e. The monoisotopic (exact) mass is 721 g/mol. The van der Waals surface area contributed by atoms with E-state index in [2.05, 4.69) is 4.57 Å². The van der Waals surface area contributed by atoms with Gasteiger partial charge in [0.05, 0.1) is 17.3 Å². The molecule has 12 nitrogen and oxygen atoms in total. The molecule has 2 aromatic heterocycles. The number of carbonyl (C=O) groups is 3. The van der Waals surface area contributed by atoms with Crippen LogP contribution >= 0.6 is 0 Å². The number of carbonyl (C=O) groups excluding carboxylic acids is 3. The minimum atomic E-state index is -0.864. The number of nitrogens with zero attached hydrogens (tertiary/aromatic N) is 3. The Labute approximate surface area is 307 Å². The minimum absolute atomic E-state index is 0.126. The molecule has 6 rings (SSSR count). The topological polar surface area (TPSA) is 134 Å². The fourth-order valence-corrected chi connectivity index (χ4v) is 6.37. The molecule has 276 valence electrons. The molecule has 5 aromatic rings. The summed E-state index contributed by atoms with van der Waals surface area (Å²) in [5.41, 5.74) is 4.40. The molecule has 1 aliphatic rings. The van der Waals surface area contributed by atoms with Crippen molar-refractivity contribution in [2.24, 2.45) is 0 Å². The number of amides is 2. The quantitative estimate of drug-likeness (QED) is 0.144. The fraction of sp³-hybridized carbons (Fsp3) is 0.317. The SMILES string of the molecule is Cc1oc(=O)oc1COC(=O)COc1ccc(C[C@@H]2CN(C(=O)OC(C)(C)C)CCN2C(=O)c2cc(C)n(-c3ccccc3)c2-c2ccccc2)cc1. The van der Waals surface area contributed by atoms with E-state index in [4.69, 9.17) is 23.0 Å². The third-order valence-corrected chi connectivity index (χ3v) is 8.82. The Morgan fingerprint density at radius 3 is 2.19 bits per heavy atom. The summed E-state index contributed by atoms with van der Waals surface area (Å²) in [6.07, 6.45) is 0.0214. The Hall–Kier alpha value is -6.04. The van der Waals surface area contributed by atoms with Crippen LogP contribution in [0.1, 0.15) is 53.9 Å². The fourth-order valence-electron chi connectivity index (χ4n) is 6.37. The van der Waals surface area contributed by atoms with E-state index in [-0.39, 0.29) is 43.2 Å². The van der Waals surface area contributed by atoms with Crippen molar-refractivity contribution in [1.82, 2.24) is 14.4 Å². The highest BCUT2D eigenvalue weighted by molar-refractivity contribution is 6.01. The van der Waals surface area contributed by atoms with E-state index in [0.29, 0.717) is 30.8 Å². The molecule has 12 heteroatoms. The molecule has 53 heavy (non-hydrogen) atoms.